The fourth-order valence-corrected chi connectivity index (χ4v) is 4.60. The number of hydrogen-bond acceptors (Lipinski definition) is 6. The third-order valence-corrected chi connectivity index (χ3v) is 6.03. The Morgan fingerprint density at radius 3 is 3.08 bits per heavy atom. The number of thiophene rings is 2. The summed E-state index contributed by atoms with van der Waals surface area (Å²) in [4.78, 5) is 26.1. The van der Waals surface area contributed by atoms with Gasteiger partial charge in [0.05, 0.1) is 11.1 Å². The van der Waals surface area contributed by atoms with Gasteiger partial charge in [-0.2, -0.15) is 0 Å². The highest BCUT2D eigenvalue weighted by atomic mass is 32.2. The number of aromatic nitrogens is 2. The Bertz CT molecular complexity index is 896. The second-order valence-corrected chi connectivity index (χ2v) is 7.98. The van der Waals surface area contributed by atoms with Gasteiger partial charge < -0.3 is 10.7 Å². The Morgan fingerprint density at radius 1 is 1.46 bits per heavy atom. The molecule has 8 heteroatoms. The minimum absolute atomic E-state index is 0.0956. The van der Waals surface area contributed by atoms with Gasteiger partial charge in [0.1, 0.15) is 10.7 Å². The molecule has 3 heterocycles. The van der Waals surface area contributed by atoms with E-state index in [2.05, 4.69) is 21.9 Å². The van der Waals surface area contributed by atoms with E-state index in [1.165, 1.54) is 23.1 Å². The number of thioether (sulfide) groups is 1. The average Bonchev–Trinajstić information content (AvgIpc) is 3.22. The molecule has 0 saturated carbocycles. The largest absolute Gasteiger partial charge is 0.379 e. The standard InChI is InChI=1S/C16H18N4OS3/c1-2-3-6-18-16(17)24-9-12-19-14(21)13-10(8-23-15(13)20-12)11-5-4-7-22-11/h4-5,7-8H,2-3,6,9H2,1H3,(H2,17,18)(H,19,20,21). The zero-order chi connectivity index (χ0) is 16.9. The first-order valence-corrected chi connectivity index (χ1v) is 10.4. The fraction of sp³-hybridized carbons (Fsp3) is 0.312. The Labute approximate surface area is 152 Å². The molecule has 0 fully saturated rings. The van der Waals surface area contributed by atoms with Crippen LogP contribution < -0.4 is 11.3 Å². The molecular formula is C16H18N4OS3. The van der Waals surface area contributed by atoms with Crippen LogP contribution in [0.25, 0.3) is 20.7 Å². The van der Waals surface area contributed by atoms with Gasteiger partial charge in [0.2, 0.25) is 0 Å². The van der Waals surface area contributed by atoms with Crippen LogP contribution in [-0.4, -0.2) is 21.7 Å². The molecule has 0 aromatic carbocycles. The third kappa shape index (κ3) is 3.88. The van der Waals surface area contributed by atoms with Crippen LogP contribution in [0.5, 0.6) is 0 Å². The van der Waals surface area contributed by atoms with Crippen molar-refractivity contribution in [3.63, 3.8) is 0 Å². The summed E-state index contributed by atoms with van der Waals surface area (Å²) in [5.41, 5.74) is 6.74. The summed E-state index contributed by atoms with van der Waals surface area (Å²) in [5, 5.41) is 5.21. The average molecular weight is 379 g/mol. The summed E-state index contributed by atoms with van der Waals surface area (Å²) in [6.07, 6.45) is 2.13. The molecule has 5 nitrogen and oxygen atoms in total. The van der Waals surface area contributed by atoms with Crippen LogP contribution in [-0.2, 0) is 5.75 Å². The molecule has 24 heavy (non-hydrogen) atoms. The van der Waals surface area contributed by atoms with E-state index >= 15 is 0 Å². The van der Waals surface area contributed by atoms with Gasteiger partial charge >= 0.3 is 0 Å². The Morgan fingerprint density at radius 2 is 2.33 bits per heavy atom. The van der Waals surface area contributed by atoms with Gasteiger partial charge in [0.25, 0.3) is 5.56 Å². The summed E-state index contributed by atoms with van der Waals surface area (Å²) in [5.74, 6) is 1.14. The van der Waals surface area contributed by atoms with Crippen molar-refractivity contribution >= 4 is 49.8 Å². The number of aromatic amines is 1. The molecule has 3 rings (SSSR count). The number of rotatable bonds is 6. The quantitative estimate of drug-likeness (QED) is 0.385. The molecule has 0 atom stereocenters. The number of nitrogens with zero attached hydrogens (tertiary/aromatic N) is 2. The van der Waals surface area contributed by atoms with Crippen LogP contribution in [0.15, 0.2) is 32.7 Å². The summed E-state index contributed by atoms with van der Waals surface area (Å²) in [6.45, 7) is 2.86. The minimum atomic E-state index is -0.0956. The highest BCUT2D eigenvalue weighted by molar-refractivity contribution is 8.13. The zero-order valence-electron chi connectivity index (χ0n) is 13.2. The first kappa shape index (κ1) is 17.2. The smallest absolute Gasteiger partial charge is 0.260 e. The number of fused-ring (bicyclic) bond motifs is 1. The van der Waals surface area contributed by atoms with Crippen molar-refractivity contribution in [2.45, 2.75) is 25.5 Å². The summed E-state index contributed by atoms with van der Waals surface area (Å²) < 4.78 is 0. The van der Waals surface area contributed by atoms with Crippen LogP contribution in [0.1, 0.15) is 25.6 Å². The maximum atomic E-state index is 12.5. The monoisotopic (exact) mass is 378 g/mol. The lowest BCUT2D eigenvalue weighted by Gasteiger charge is -2.02. The van der Waals surface area contributed by atoms with Gasteiger partial charge in [0, 0.05) is 22.4 Å². The van der Waals surface area contributed by atoms with Crippen molar-refractivity contribution in [3.05, 3.63) is 39.1 Å². The summed E-state index contributed by atoms with van der Waals surface area (Å²) in [7, 11) is 0. The van der Waals surface area contributed by atoms with E-state index in [0.717, 1.165) is 34.7 Å². The summed E-state index contributed by atoms with van der Waals surface area (Å²) >= 11 is 4.52. The van der Waals surface area contributed by atoms with Gasteiger partial charge in [-0.05, 0) is 17.9 Å². The molecule has 0 bridgehead atoms. The highest BCUT2D eigenvalue weighted by Crippen LogP contribution is 2.33. The lowest BCUT2D eigenvalue weighted by Crippen LogP contribution is -2.13. The molecule has 0 spiro atoms. The lowest BCUT2D eigenvalue weighted by molar-refractivity contribution is 0.809. The number of hydrogen-bond donors (Lipinski definition) is 2. The third-order valence-electron chi connectivity index (χ3n) is 3.42. The maximum absolute atomic E-state index is 12.5. The molecule has 0 unspecified atom stereocenters. The predicted molar refractivity (Wildman–Crippen MR) is 106 cm³/mol. The minimum Gasteiger partial charge on any atom is -0.379 e. The van der Waals surface area contributed by atoms with Crippen molar-refractivity contribution in [3.8, 4) is 10.4 Å². The van der Waals surface area contributed by atoms with Crippen molar-refractivity contribution in [2.24, 2.45) is 10.7 Å². The van der Waals surface area contributed by atoms with Gasteiger partial charge in [-0.1, -0.05) is 31.2 Å². The number of H-pyrrole nitrogens is 1. The number of aliphatic imine (C=N–C) groups is 1. The van der Waals surface area contributed by atoms with E-state index in [1.54, 1.807) is 11.3 Å². The van der Waals surface area contributed by atoms with Gasteiger partial charge in [0.15, 0.2) is 5.17 Å². The Hall–Kier alpha value is -1.64. The van der Waals surface area contributed by atoms with Crippen LogP contribution in [0.3, 0.4) is 0 Å². The summed E-state index contributed by atoms with van der Waals surface area (Å²) in [6, 6.07) is 4.00. The molecule has 126 valence electrons. The molecule has 3 aromatic rings. The van der Waals surface area contributed by atoms with Gasteiger partial charge in [-0.15, -0.1) is 22.7 Å². The Balaban J connectivity index is 1.80. The molecular weight excluding hydrogens is 360 g/mol. The van der Waals surface area contributed by atoms with E-state index in [4.69, 9.17) is 5.73 Å². The molecule has 0 radical (unpaired) electrons. The number of nitrogens with two attached hydrogens (primary N) is 1. The zero-order valence-corrected chi connectivity index (χ0v) is 15.7. The second kappa shape index (κ2) is 7.96. The van der Waals surface area contributed by atoms with Crippen molar-refractivity contribution in [2.75, 3.05) is 6.54 Å². The van der Waals surface area contributed by atoms with Crippen LogP contribution in [0.4, 0.5) is 0 Å². The van der Waals surface area contributed by atoms with Crippen molar-refractivity contribution < 1.29 is 0 Å². The topological polar surface area (TPSA) is 84.1 Å². The van der Waals surface area contributed by atoms with E-state index in [9.17, 15) is 4.79 Å². The first-order valence-electron chi connectivity index (χ1n) is 7.66. The normalized spacial score (nSPS) is 12.1. The number of unbranched alkanes of at least 4 members (excludes halogenated alkanes) is 1. The molecule has 3 aromatic heterocycles. The number of amidine groups is 1. The molecule has 0 amide bonds. The molecule has 0 aliphatic rings. The predicted octanol–water partition coefficient (Wildman–Crippen LogP) is 4.06. The second-order valence-electron chi connectivity index (χ2n) is 5.18. The molecule has 0 aliphatic heterocycles. The molecule has 0 saturated heterocycles. The van der Waals surface area contributed by atoms with Crippen LogP contribution in [0.2, 0.25) is 0 Å². The van der Waals surface area contributed by atoms with E-state index in [1.807, 2.05) is 22.9 Å². The number of nitrogens with one attached hydrogen (secondary N) is 1. The van der Waals surface area contributed by atoms with Crippen molar-refractivity contribution in [1.82, 2.24) is 9.97 Å². The van der Waals surface area contributed by atoms with Crippen LogP contribution >= 0.6 is 34.4 Å². The first-order chi connectivity index (χ1) is 11.7. The fourth-order valence-electron chi connectivity index (χ4n) is 2.21. The van der Waals surface area contributed by atoms with Crippen LogP contribution in [0, 0.1) is 0 Å². The van der Waals surface area contributed by atoms with E-state index in [-0.39, 0.29) is 5.56 Å². The highest BCUT2D eigenvalue weighted by Gasteiger charge is 2.13. The lowest BCUT2D eigenvalue weighted by atomic mass is 10.2. The molecule has 0 aliphatic carbocycles. The van der Waals surface area contributed by atoms with Gasteiger partial charge in [-0.25, -0.2) is 4.98 Å². The maximum Gasteiger partial charge on any atom is 0.260 e. The van der Waals surface area contributed by atoms with Gasteiger partial charge in [-0.3, -0.25) is 9.79 Å². The van der Waals surface area contributed by atoms with E-state index < -0.39 is 0 Å². The Kier molecular flexibility index (Phi) is 5.70. The van der Waals surface area contributed by atoms with Crippen molar-refractivity contribution in [1.29, 1.82) is 0 Å². The SMILES string of the molecule is CCCCN=C(N)SCc1nc2scc(-c3cccs3)c2c(=O)[nH]1. The van der Waals surface area contributed by atoms with E-state index in [0.29, 0.717) is 22.1 Å². The molecule has 3 N–H and O–H groups in total.